The van der Waals surface area contributed by atoms with Crippen LogP contribution >= 0.6 is 12.0 Å². The van der Waals surface area contributed by atoms with Gasteiger partial charge in [-0.25, -0.2) is 0 Å². The number of carbonyl (C=O) groups excluding carboxylic acids is 2. The number of rotatable bonds is 7. The molecule has 0 N–H and O–H groups in total. The molecule has 0 saturated heterocycles. The maximum atomic E-state index is 13.1. The van der Waals surface area contributed by atoms with Crippen LogP contribution in [0.4, 0.5) is 0 Å². The van der Waals surface area contributed by atoms with E-state index in [1.165, 1.54) is 26.3 Å². The standard InChI is InChI=1S/C15H22O5S/c1-5-12(16)11-8-10-6-7-14(11,18-2)13(17)15(10,19-3)9-21-20-4/h6-7,10-11H,5,8-9H2,1-4H3/t10-,11-,14-,15+/m1/s1. The quantitative estimate of drug-likeness (QED) is 0.527. The van der Waals surface area contributed by atoms with Crippen LogP contribution in [0.25, 0.3) is 0 Å². The summed E-state index contributed by atoms with van der Waals surface area (Å²) in [6.07, 6.45) is 4.66. The second kappa shape index (κ2) is 6.20. The number of hydrogen-bond donors (Lipinski definition) is 0. The molecular weight excluding hydrogens is 292 g/mol. The van der Waals surface area contributed by atoms with E-state index in [4.69, 9.17) is 13.7 Å². The van der Waals surface area contributed by atoms with Gasteiger partial charge < -0.3 is 13.7 Å². The SMILES string of the molecule is CCC(=O)[C@H]1C[C@H]2C=C[C@]1(OC)C(=O)[C@@]2(CSOC)OC. The van der Waals surface area contributed by atoms with Crippen LogP contribution in [0, 0.1) is 11.8 Å². The van der Waals surface area contributed by atoms with Gasteiger partial charge in [0.25, 0.3) is 0 Å². The van der Waals surface area contributed by atoms with Gasteiger partial charge in [-0.15, -0.1) is 0 Å². The van der Waals surface area contributed by atoms with Crippen molar-refractivity contribution in [3.05, 3.63) is 12.2 Å². The lowest BCUT2D eigenvalue weighted by Crippen LogP contribution is -2.69. The Labute approximate surface area is 129 Å². The number of hydrogen-bond acceptors (Lipinski definition) is 6. The Kier molecular flexibility index (Phi) is 4.92. The molecule has 0 aromatic heterocycles. The molecule has 2 bridgehead atoms. The number of ether oxygens (including phenoxy) is 2. The minimum Gasteiger partial charge on any atom is -0.369 e. The van der Waals surface area contributed by atoms with Crippen molar-refractivity contribution >= 4 is 23.6 Å². The van der Waals surface area contributed by atoms with Gasteiger partial charge in [0, 0.05) is 26.6 Å². The fraction of sp³-hybridized carbons (Fsp3) is 0.733. The Morgan fingerprint density at radius 2 is 2.10 bits per heavy atom. The van der Waals surface area contributed by atoms with E-state index in [1.54, 1.807) is 13.2 Å². The van der Waals surface area contributed by atoms with Gasteiger partial charge >= 0.3 is 0 Å². The molecule has 3 rings (SSSR count). The van der Waals surface area contributed by atoms with Crippen molar-refractivity contribution in [3.8, 4) is 0 Å². The van der Waals surface area contributed by atoms with Crippen molar-refractivity contribution in [2.75, 3.05) is 27.1 Å². The molecule has 1 fully saturated rings. The zero-order valence-corrected chi connectivity index (χ0v) is 13.7. The van der Waals surface area contributed by atoms with E-state index < -0.39 is 17.1 Å². The Bertz CT molecular complexity index is 463. The van der Waals surface area contributed by atoms with Gasteiger partial charge in [-0.1, -0.05) is 13.0 Å². The van der Waals surface area contributed by atoms with Crippen molar-refractivity contribution in [1.82, 2.24) is 0 Å². The summed E-state index contributed by atoms with van der Waals surface area (Å²) in [5.74, 6) is -0.286. The molecular formula is C15H22O5S. The first kappa shape index (κ1) is 16.7. The van der Waals surface area contributed by atoms with Gasteiger partial charge in [-0.2, -0.15) is 0 Å². The highest BCUT2D eigenvalue weighted by atomic mass is 32.2. The lowest BCUT2D eigenvalue weighted by molar-refractivity contribution is -0.184. The first-order valence-corrected chi connectivity index (χ1v) is 7.96. The maximum Gasteiger partial charge on any atom is 0.202 e. The monoisotopic (exact) mass is 314 g/mol. The molecule has 0 unspecified atom stereocenters. The van der Waals surface area contributed by atoms with E-state index in [2.05, 4.69) is 0 Å². The van der Waals surface area contributed by atoms with Gasteiger partial charge in [0.15, 0.2) is 5.60 Å². The second-order valence-electron chi connectivity index (χ2n) is 5.42. The van der Waals surface area contributed by atoms with Crippen molar-refractivity contribution < 1.29 is 23.2 Å². The molecule has 6 heteroatoms. The first-order chi connectivity index (χ1) is 10.0. The molecule has 3 aliphatic carbocycles. The van der Waals surface area contributed by atoms with Gasteiger partial charge in [-0.05, 0) is 24.5 Å². The van der Waals surface area contributed by atoms with E-state index in [0.29, 0.717) is 18.6 Å². The van der Waals surface area contributed by atoms with Crippen molar-refractivity contribution in [1.29, 1.82) is 0 Å². The van der Waals surface area contributed by atoms with Crippen molar-refractivity contribution in [3.63, 3.8) is 0 Å². The summed E-state index contributed by atoms with van der Waals surface area (Å²) in [5.41, 5.74) is -2.19. The maximum absolute atomic E-state index is 13.1. The molecule has 0 aromatic carbocycles. The van der Waals surface area contributed by atoms with E-state index in [0.717, 1.165) is 0 Å². The summed E-state index contributed by atoms with van der Waals surface area (Å²) in [6, 6.07) is 0. The van der Waals surface area contributed by atoms with Crippen LogP contribution in [0.5, 0.6) is 0 Å². The molecule has 0 aromatic rings. The molecule has 3 aliphatic rings. The highest BCUT2D eigenvalue weighted by molar-refractivity contribution is 7.94. The van der Waals surface area contributed by atoms with Crippen LogP contribution in [0.15, 0.2) is 12.2 Å². The van der Waals surface area contributed by atoms with Gasteiger partial charge in [0.1, 0.15) is 11.4 Å². The third-order valence-corrected chi connectivity index (χ3v) is 5.53. The average molecular weight is 314 g/mol. The normalized spacial score (nSPS) is 38.0. The Hall–Kier alpha value is -0.690. The van der Waals surface area contributed by atoms with Crippen LogP contribution in [0.3, 0.4) is 0 Å². The summed E-state index contributed by atoms with van der Waals surface area (Å²) < 4.78 is 16.2. The average Bonchev–Trinajstić information content (AvgIpc) is 2.54. The molecule has 0 amide bonds. The highest BCUT2D eigenvalue weighted by Crippen LogP contribution is 2.51. The van der Waals surface area contributed by atoms with E-state index in [1.807, 2.05) is 13.0 Å². The van der Waals surface area contributed by atoms with Crippen LogP contribution in [-0.4, -0.2) is 49.9 Å². The summed E-state index contributed by atoms with van der Waals surface area (Å²) >= 11 is 1.19. The van der Waals surface area contributed by atoms with Gasteiger partial charge in [0.05, 0.1) is 18.8 Å². The molecule has 0 heterocycles. The lowest BCUT2D eigenvalue weighted by Gasteiger charge is -2.53. The highest BCUT2D eigenvalue weighted by Gasteiger charge is 2.65. The van der Waals surface area contributed by atoms with Gasteiger partial charge in [-0.3, -0.25) is 9.59 Å². The van der Waals surface area contributed by atoms with Crippen LogP contribution in [0.1, 0.15) is 19.8 Å². The Morgan fingerprint density at radius 3 is 2.62 bits per heavy atom. The topological polar surface area (TPSA) is 61.8 Å². The smallest absolute Gasteiger partial charge is 0.202 e. The molecule has 118 valence electrons. The number of methoxy groups -OCH3 is 2. The third-order valence-electron chi connectivity index (χ3n) is 4.75. The molecule has 21 heavy (non-hydrogen) atoms. The predicted molar refractivity (Wildman–Crippen MR) is 80.0 cm³/mol. The zero-order valence-electron chi connectivity index (χ0n) is 12.9. The summed E-state index contributed by atoms with van der Waals surface area (Å²) in [4.78, 5) is 25.4. The van der Waals surface area contributed by atoms with E-state index in [9.17, 15) is 9.59 Å². The largest absolute Gasteiger partial charge is 0.369 e. The number of fused-ring (bicyclic) bond motifs is 2. The second-order valence-corrected chi connectivity index (χ2v) is 6.28. The van der Waals surface area contributed by atoms with E-state index in [-0.39, 0.29) is 17.5 Å². The Balaban J connectivity index is 2.45. The molecule has 1 saturated carbocycles. The molecule has 5 nitrogen and oxygen atoms in total. The summed E-state index contributed by atoms with van der Waals surface area (Å²) in [6.45, 7) is 1.81. The number of carbonyl (C=O) groups is 2. The Morgan fingerprint density at radius 1 is 1.38 bits per heavy atom. The number of Topliss-reactive ketones (excluding diaryl/α,β-unsaturated/α-hetero) is 2. The predicted octanol–water partition coefficient (Wildman–Crippen LogP) is 1.81. The molecule has 4 atom stereocenters. The number of ketones is 2. The first-order valence-electron chi connectivity index (χ1n) is 7.05. The minimum absolute atomic E-state index is 0.0589. The van der Waals surface area contributed by atoms with Crippen molar-refractivity contribution in [2.45, 2.75) is 31.0 Å². The third kappa shape index (κ3) is 2.29. The summed E-state index contributed by atoms with van der Waals surface area (Å²) in [7, 11) is 4.57. The van der Waals surface area contributed by atoms with Crippen LogP contribution in [0.2, 0.25) is 0 Å². The van der Waals surface area contributed by atoms with Crippen molar-refractivity contribution in [2.24, 2.45) is 11.8 Å². The lowest BCUT2D eigenvalue weighted by atomic mass is 9.57. The van der Waals surface area contributed by atoms with E-state index >= 15 is 0 Å². The minimum atomic E-state index is -1.20. The fourth-order valence-electron chi connectivity index (χ4n) is 3.50. The fourth-order valence-corrected chi connectivity index (χ4v) is 4.26. The van der Waals surface area contributed by atoms with Gasteiger partial charge in [0.2, 0.25) is 5.78 Å². The molecule has 0 spiro atoms. The molecule has 0 aliphatic heterocycles. The molecule has 0 radical (unpaired) electrons. The summed E-state index contributed by atoms with van der Waals surface area (Å²) in [5, 5.41) is 0. The van der Waals surface area contributed by atoms with Crippen LogP contribution < -0.4 is 0 Å². The van der Waals surface area contributed by atoms with Crippen LogP contribution in [-0.2, 0) is 23.2 Å². The zero-order chi connectivity index (χ0) is 15.7.